The molecule has 0 aliphatic heterocycles. The highest BCUT2D eigenvalue weighted by molar-refractivity contribution is 6.31. The lowest BCUT2D eigenvalue weighted by molar-refractivity contribution is -0.323. The zero-order valence-corrected chi connectivity index (χ0v) is 9.11. The van der Waals surface area contributed by atoms with Gasteiger partial charge in [-0.1, -0.05) is 29.8 Å². The van der Waals surface area contributed by atoms with E-state index in [1.807, 2.05) is 6.07 Å². The maximum absolute atomic E-state index is 11.6. The van der Waals surface area contributed by atoms with Gasteiger partial charge >= 0.3 is 6.36 Å². The fourth-order valence-electron chi connectivity index (χ4n) is 1.10. The van der Waals surface area contributed by atoms with Gasteiger partial charge in [0.1, 0.15) is 0 Å². The minimum atomic E-state index is -4.56. The molecule has 2 nitrogen and oxygen atoms in total. The number of alkyl halides is 3. The van der Waals surface area contributed by atoms with Crippen molar-refractivity contribution in [2.24, 2.45) is 0 Å². The molecule has 0 bridgehead atoms. The highest BCUT2D eigenvalue weighted by atomic mass is 35.5. The fraction of sp³-hybridized carbons (Fsp3) is 0.400. The molecule has 0 fully saturated rings. The quantitative estimate of drug-likeness (QED) is 0.815. The molecule has 1 rings (SSSR count). The minimum absolute atomic E-state index is 0.116. The van der Waals surface area contributed by atoms with Gasteiger partial charge in [0.25, 0.3) is 0 Å². The van der Waals surface area contributed by atoms with Crippen molar-refractivity contribution < 1.29 is 17.9 Å². The topological polar surface area (TPSA) is 21.3 Å². The second kappa shape index (κ2) is 6.08. The molecule has 0 saturated carbocycles. The highest BCUT2D eigenvalue weighted by Crippen LogP contribution is 2.16. The van der Waals surface area contributed by atoms with E-state index in [2.05, 4.69) is 10.1 Å². The van der Waals surface area contributed by atoms with Crippen molar-refractivity contribution in [2.75, 3.05) is 13.2 Å². The van der Waals surface area contributed by atoms with Gasteiger partial charge in [0.15, 0.2) is 0 Å². The second-order valence-corrected chi connectivity index (χ2v) is 3.47. The molecule has 0 amide bonds. The Hall–Kier alpha value is -0.780. The van der Waals surface area contributed by atoms with Gasteiger partial charge < -0.3 is 5.32 Å². The summed E-state index contributed by atoms with van der Waals surface area (Å²) in [4.78, 5) is 0. The van der Waals surface area contributed by atoms with Gasteiger partial charge in [-0.25, -0.2) is 0 Å². The van der Waals surface area contributed by atoms with E-state index in [0.717, 1.165) is 5.56 Å². The van der Waals surface area contributed by atoms with E-state index >= 15 is 0 Å². The molecule has 1 aromatic rings. The third kappa shape index (κ3) is 5.34. The van der Waals surface area contributed by atoms with E-state index in [-0.39, 0.29) is 6.54 Å². The van der Waals surface area contributed by atoms with Gasteiger partial charge in [-0.05, 0) is 11.6 Å². The molecule has 0 saturated heterocycles. The van der Waals surface area contributed by atoms with Crippen molar-refractivity contribution in [2.45, 2.75) is 12.9 Å². The molecule has 90 valence electrons. The standard InChI is InChI=1S/C10H11ClF3NO/c11-9-4-2-1-3-8(9)7-15-5-6-16-10(12,13)14/h1-4,15H,5-7H2. The summed E-state index contributed by atoms with van der Waals surface area (Å²) in [5, 5.41) is 3.40. The Labute approximate surface area is 96.4 Å². The maximum atomic E-state index is 11.6. The van der Waals surface area contributed by atoms with Gasteiger partial charge in [0.2, 0.25) is 0 Å². The number of hydrogen-bond donors (Lipinski definition) is 1. The molecule has 0 radical (unpaired) electrons. The Morgan fingerprint density at radius 1 is 1.25 bits per heavy atom. The first-order valence-electron chi connectivity index (χ1n) is 4.64. The van der Waals surface area contributed by atoms with E-state index in [9.17, 15) is 13.2 Å². The summed E-state index contributed by atoms with van der Waals surface area (Å²) in [6.07, 6.45) is -4.56. The molecule has 0 atom stereocenters. The number of halogens is 4. The summed E-state index contributed by atoms with van der Waals surface area (Å²) in [5.74, 6) is 0. The fourth-order valence-corrected chi connectivity index (χ4v) is 1.31. The third-order valence-electron chi connectivity index (χ3n) is 1.82. The van der Waals surface area contributed by atoms with Crippen LogP contribution in [0.5, 0.6) is 0 Å². The van der Waals surface area contributed by atoms with Crippen LogP contribution in [-0.2, 0) is 11.3 Å². The maximum Gasteiger partial charge on any atom is 0.522 e. The van der Waals surface area contributed by atoms with Crippen molar-refractivity contribution in [1.29, 1.82) is 0 Å². The first kappa shape index (κ1) is 13.3. The smallest absolute Gasteiger partial charge is 0.310 e. The van der Waals surface area contributed by atoms with Gasteiger partial charge in [-0.15, -0.1) is 13.2 Å². The minimum Gasteiger partial charge on any atom is -0.310 e. The van der Waals surface area contributed by atoms with Crippen LogP contribution in [0.3, 0.4) is 0 Å². The third-order valence-corrected chi connectivity index (χ3v) is 2.19. The molecule has 0 aromatic heterocycles. The van der Waals surface area contributed by atoms with E-state index in [1.54, 1.807) is 18.2 Å². The lowest BCUT2D eigenvalue weighted by Gasteiger charge is -2.08. The lowest BCUT2D eigenvalue weighted by atomic mass is 10.2. The van der Waals surface area contributed by atoms with E-state index in [1.165, 1.54) is 0 Å². The molecule has 1 N–H and O–H groups in total. The monoisotopic (exact) mass is 253 g/mol. The molecule has 6 heteroatoms. The van der Waals surface area contributed by atoms with E-state index < -0.39 is 13.0 Å². The number of ether oxygens (including phenoxy) is 1. The molecular formula is C10H11ClF3NO. The number of hydrogen-bond acceptors (Lipinski definition) is 2. The predicted molar refractivity (Wildman–Crippen MR) is 55.2 cm³/mol. The molecule has 0 unspecified atom stereocenters. The Kier molecular flexibility index (Phi) is 5.05. The molecule has 0 heterocycles. The van der Waals surface area contributed by atoms with Crippen LogP contribution in [0.2, 0.25) is 5.02 Å². The lowest BCUT2D eigenvalue weighted by Crippen LogP contribution is -2.24. The molecule has 0 spiro atoms. The van der Waals surface area contributed by atoms with Crippen molar-refractivity contribution in [3.05, 3.63) is 34.9 Å². The van der Waals surface area contributed by atoms with Gasteiger partial charge in [0, 0.05) is 18.1 Å². The zero-order valence-electron chi connectivity index (χ0n) is 8.35. The first-order chi connectivity index (χ1) is 7.49. The SMILES string of the molecule is FC(F)(F)OCCNCc1ccccc1Cl. The van der Waals surface area contributed by atoms with Crippen LogP contribution in [0.15, 0.2) is 24.3 Å². The summed E-state index contributed by atoms with van der Waals surface area (Å²) < 4.78 is 38.4. The van der Waals surface area contributed by atoms with Crippen LogP contribution in [0.4, 0.5) is 13.2 Å². The Morgan fingerprint density at radius 2 is 1.94 bits per heavy atom. The van der Waals surface area contributed by atoms with Gasteiger partial charge in [-0.2, -0.15) is 0 Å². The van der Waals surface area contributed by atoms with E-state index in [4.69, 9.17) is 11.6 Å². The number of benzene rings is 1. The van der Waals surface area contributed by atoms with Crippen LogP contribution >= 0.6 is 11.6 Å². The average molecular weight is 254 g/mol. The Bertz CT molecular complexity index is 330. The van der Waals surface area contributed by atoms with Crippen LogP contribution in [-0.4, -0.2) is 19.5 Å². The van der Waals surface area contributed by atoms with Crippen molar-refractivity contribution >= 4 is 11.6 Å². The number of nitrogens with one attached hydrogen (secondary N) is 1. The van der Waals surface area contributed by atoms with Crippen LogP contribution < -0.4 is 5.32 Å². The van der Waals surface area contributed by atoms with Crippen LogP contribution in [0.25, 0.3) is 0 Å². The normalized spacial score (nSPS) is 11.8. The average Bonchev–Trinajstić information content (AvgIpc) is 2.18. The first-order valence-corrected chi connectivity index (χ1v) is 5.01. The van der Waals surface area contributed by atoms with Crippen LogP contribution in [0, 0.1) is 0 Å². The molecule has 16 heavy (non-hydrogen) atoms. The largest absolute Gasteiger partial charge is 0.522 e. The highest BCUT2D eigenvalue weighted by Gasteiger charge is 2.28. The van der Waals surface area contributed by atoms with Crippen molar-refractivity contribution in [3.8, 4) is 0 Å². The molecule has 0 aliphatic rings. The number of rotatable bonds is 5. The summed E-state index contributed by atoms with van der Waals surface area (Å²) in [6, 6.07) is 7.14. The van der Waals surface area contributed by atoms with Gasteiger partial charge in [-0.3, -0.25) is 4.74 Å². The van der Waals surface area contributed by atoms with Crippen LogP contribution in [0.1, 0.15) is 5.56 Å². The molecule has 1 aromatic carbocycles. The van der Waals surface area contributed by atoms with Crippen molar-refractivity contribution in [3.63, 3.8) is 0 Å². The van der Waals surface area contributed by atoms with Gasteiger partial charge in [0.05, 0.1) is 6.61 Å². The summed E-state index contributed by atoms with van der Waals surface area (Å²) >= 11 is 5.86. The summed E-state index contributed by atoms with van der Waals surface area (Å²) in [7, 11) is 0. The molecular weight excluding hydrogens is 243 g/mol. The Morgan fingerprint density at radius 3 is 2.56 bits per heavy atom. The van der Waals surface area contributed by atoms with E-state index in [0.29, 0.717) is 11.6 Å². The molecule has 0 aliphatic carbocycles. The second-order valence-electron chi connectivity index (χ2n) is 3.06. The predicted octanol–water partition coefficient (Wildman–Crippen LogP) is 2.97. The summed E-state index contributed by atoms with van der Waals surface area (Å²) in [5.41, 5.74) is 0.844. The zero-order chi connectivity index (χ0) is 12.0. The van der Waals surface area contributed by atoms with Crippen molar-refractivity contribution in [1.82, 2.24) is 5.32 Å². The Balaban J connectivity index is 2.19. The summed E-state index contributed by atoms with van der Waals surface area (Å²) in [6.45, 7) is 0.125.